The standard InChI is InChI=1S/C30H33F4N3O3S2/c1-18(2)28-27-25(17-37(28)16-21-8-11-23(24(31)14-21)30(32,33)34)41-29(36-27)35-26(38)15-20-6-9-22(10-7-20)42(39,40)13-12-19-4-3-5-19/h6-11,14,18-19,28H,3-5,12-13,15-17H2,1-2H3,(H,35,36,38)/t28-/m1/s1. The van der Waals surface area contributed by atoms with E-state index in [1.165, 1.54) is 23.8 Å². The molecule has 6 nitrogen and oxygen atoms in total. The summed E-state index contributed by atoms with van der Waals surface area (Å²) in [6.07, 6.45) is -0.614. The minimum absolute atomic E-state index is 0.0614. The van der Waals surface area contributed by atoms with E-state index in [0.29, 0.717) is 35.1 Å². The van der Waals surface area contributed by atoms with Crippen LogP contribution in [0.15, 0.2) is 47.4 Å². The number of anilines is 1. The van der Waals surface area contributed by atoms with Gasteiger partial charge >= 0.3 is 6.18 Å². The van der Waals surface area contributed by atoms with Gasteiger partial charge in [-0.25, -0.2) is 17.8 Å². The van der Waals surface area contributed by atoms with Crippen molar-refractivity contribution >= 4 is 32.2 Å². The first-order valence-electron chi connectivity index (χ1n) is 14.0. The van der Waals surface area contributed by atoms with E-state index in [2.05, 4.69) is 10.3 Å². The van der Waals surface area contributed by atoms with Crippen molar-refractivity contribution in [1.29, 1.82) is 0 Å². The number of benzene rings is 2. The number of halogens is 4. The molecule has 1 aromatic heterocycles. The molecule has 1 saturated carbocycles. The van der Waals surface area contributed by atoms with Gasteiger partial charge in [-0.3, -0.25) is 9.69 Å². The second kappa shape index (κ2) is 12.0. The van der Waals surface area contributed by atoms with Crippen LogP contribution in [0, 0.1) is 17.7 Å². The molecule has 1 aliphatic carbocycles. The third-order valence-electron chi connectivity index (χ3n) is 8.02. The maximum absolute atomic E-state index is 14.1. The van der Waals surface area contributed by atoms with Gasteiger partial charge in [0.2, 0.25) is 5.91 Å². The van der Waals surface area contributed by atoms with Crippen molar-refractivity contribution in [2.24, 2.45) is 11.8 Å². The van der Waals surface area contributed by atoms with Crippen LogP contribution >= 0.6 is 11.3 Å². The highest BCUT2D eigenvalue weighted by atomic mass is 32.2. The van der Waals surface area contributed by atoms with E-state index in [9.17, 15) is 30.8 Å². The van der Waals surface area contributed by atoms with Crippen LogP contribution in [0.1, 0.15) is 72.8 Å². The summed E-state index contributed by atoms with van der Waals surface area (Å²) in [5.41, 5.74) is 0.639. The molecule has 226 valence electrons. The van der Waals surface area contributed by atoms with Crippen LogP contribution in [0.3, 0.4) is 0 Å². The van der Waals surface area contributed by atoms with Gasteiger partial charge in [-0.05, 0) is 53.6 Å². The van der Waals surface area contributed by atoms with E-state index in [4.69, 9.17) is 0 Å². The average Bonchev–Trinajstić information content (AvgIpc) is 3.38. The van der Waals surface area contributed by atoms with Crippen LogP contribution < -0.4 is 5.32 Å². The molecule has 2 heterocycles. The first kappa shape index (κ1) is 30.6. The third-order valence-corrected chi connectivity index (χ3v) is 10.8. The van der Waals surface area contributed by atoms with E-state index in [-0.39, 0.29) is 41.5 Å². The summed E-state index contributed by atoms with van der Waals surface area (Å²) in [4.78, 5) is 20.7. The predicted octanol–water partition coefficient (Wildman–Crippen LogP) is 7.16. The summed E-state index contributed by atoms with van der Waals surface area (Å²) in [5.74, 6) is -0.806. The molecule has 0 spiro atoms. The number of hydrogen-bond donors (Lipinski definition) is 1. The number of hydrogen-bond acceptors (Lipinski definition) is 6. The van der Waals surface area contributed by atoms with Crippen molar-refractivity contribution in [3.05, 3.63) is 75.5 Å². The number of sulfone groups is 1. The lowest BCUT2D eigenvalue weighted by Gasteiger charge is -2.27. The minimum Gasteiger partial charge on any atom is -0.302 e. The van der Waals surface area contributed by atoms with Gasteiger partial charge in [-0.15, -0.1) is 11.3 Å². The summed E-state index contributed by atoms with van der Waals surface area (Å²) in [6.45, 7) is 4.75. The molecule has 12 heteroatoms. The molecule has 1 fully saturated rings. The average molecular weight is 624 g/mol. The van der Waals surface area contributed by atoms with Crippen LogP contribution in [0.2, 0.25) is 0 Å². The minimum atomic E-state index is -4.75. The fourth-order valence-electron chi connectivity index (χ4n) is 5.61. The quantitative estimate of drug-likeness (QED) is 0.243. The van der Waals surface area contributed by atoms with E-state index in [1.807, 2.05) is 18.7 Å². The van der Waals surface area contributed by atoms with E-state index < -0.39 is 27.4 Å². The van der Waals surface area contributed by atoms with E-state index >= 15 is 0 Å². The van der Waals surface area contributed by atoms with Crippen LogP contribution in [-0.2, 0) is 40.3 Å². The van der Waals surface area contributed by atoms with Gasteiger partial charge in [0, 0.05) is 18.0 Å². The molecular weight excluding hydrogens is 590 g/mol. The highest BCUT2D eigenvalue weighted by Gasteiger charge is 2.37. The van der Waals surface area contributed by atoms with Crippen molar-refractivity contribution in [2.75, 3.05) is 11.1 Å². The fourth-order valence-corrected chi connectivity index (χ4v) is 8.09. The molecule has 42 heavy (non-hydrogen) atoms. The highest BCUT2D eigenvalue weighted by Crippen LogP contribution is 2.43. The molecule has 5 rings (SSSR count). The van der Waals surface area contributed by atoms with E-state index in [0.717, 1.165) is 35.5 Å². The Kier molecular flexibility index (Phi) is 8.78. The summed E-state index contributed by atoms with van der Waals surface area (Å²) < 4.78 is 78.3. The van der Waals surface area contributed by atoms with Gasteiger partial charge < -0.3 is 5.32 Å². The number of carbonyl (C=O) groups is 1. The lowest BCUT2D eigenvalue weighted by atomic mass is 9.84. The molecule has 3 aromatic rings. The first-order valence-corrected chi connectivity index (χ1v) is 16.5. The number of carbonyl (C=O) groups excluding carboxylic acids is 1. The van der Waals surface area contributed by atoms with Crippen molar-refractivity contribution in [3.63, 3.8) is 0 Å². The molecule has 1 aliphatic heterocycles. The summed E-state index contributed by atoms with van der Waals surface area (Å²) in [7, 11) is -3.35. The summed E-state index contributed by atoms with van der Waals surface area (Å²) >= 11 is 1.34. The molecule has 0 radical (unpaired) electrons. The Morgan fingerprint density at radius 1 is 1.12 bits per heavy atom. The van der Waals surface area contributed by atoms with Crippen LogP contribution in [0.25, 0.3) is 0 Å². The maximum Gasteiger partial charge on any atom is 0.419 e. The second-order valence-corrected chi connectivity index (χ2v) is 14.7. The normalized spacial score (nSPS) is 17.8. The largest absolute Gasteiger partial charge is 0.419 e. The van der Waals surface area contributed by atoms with Crippen molar-refractivity contribution < 1.29 is 30.8 Å². The Morgan fingerprint density at radius 3 is 2.40 bits per heavy atom. The van der Waals surface area contributed by atoms with Gasteiger partial charge in [-0.1, -0.05) is 51.3 Å². The maximum atomic E-state index is 14.1. The second-order valence-electron chi connectivity index (χ2n) is 11.5. The van der Waals surface area contributed by atoms with Crippen molar-refractivity contribution in [2.45, 2.75) is 76.2 Å². The molecular formula is C30H33F4N3O3S2. The Hall–Kier alpha value is -2.83. The zero-order chi connectivity index (χ0) is 30.2. The zero-order valence-corrected chi connectivity index (χ0v) is 25.0. The molecule has 0 saturated heterocycles. The molecule has 0 unspecified atom stereocenters. The molecule has 0 bridgehead atoms. The molecule has 2 aromatic carbocycles. The monoisotopic (exact) mass is 623 g/mol. The summed E-state index contributed by atoms with van der Waals surface area (Å²) in [6, 6.07) is 9.29. The van der Waals surface area contributed by atoms with Gasteiger partial charge in [-0.2, -0.15) is 13.2 Å². The number of nitrogens with one attached hydrogen (secondary N) is 1. The van der Waals surface area contributed by atoms with Gasteiger partial charge in [0.05, 0.1) is 34.4 Å². The number of rotatable bonds is 10. The molecule has 1 amide bonds. The first-order chi connectivity index (χ1) is 19.8. The lowest BCUT2D eigenvalue weighted by molar-refractivity contribution is -0.140. The lowest BCUT2D eigenvalue weighted by Crippen LogP contribution is -2.26. The predicted molar refractivity (Wildman–Crippen MR) is 153 cm³/mol. The topological polar surface area (TPSA) is 79.4 Å². The molecule has 1 atom stereocenters. The van der Waals surface area contributed by atoms with Crippen molar-refractivity contribution in [1.82, 2.24) is 9.88 Å². The third kappa shape index (κ3) is 6.86. The highest BCUT2D eigenvalue weighted by molar-refractivity contribution is 7.91. The number of thiazole rings is 1. The fraction of sp³-hybridized carbons (Fsp3) is 0.467. The van der Waals surface area contributed by atoms with Crippen LogP contribution in [-0.4, -0.2) is 30.0 Å². The van der Waals surface area contributed by atoms with E-state index in [1.54, 1.807) is 24.3 Å². The SMILES string of the molecule is CC(C)[C@@H]1c2nc(NC(=O)Cc3ccc(S(=O)(=O)CCC4CCC4)cc3)sc2CN1Cc1ccc(C(F)(F)F)c(F)c1. The Morgan fingerprint density at radius 2 is 1.81 bits per heavy atom. The van der Waals surface area contributed by atoms with Crippen LogP contribution in [0.5, 0.6) is 0 Å². The van der Waals surface area contributed by atoms with Gasteiger partial charge in [0.25, 0.3) is 0 Å². The molecule has 1 N–H and O–H groups in total. The Bertz CT molecular complexity index is 1550. The van der Waals surface area contributed by atoms with Gasteiger partial charge in [0.1, 0.15) is 5.82 Å². The van der Waals surface area contributed by atoms with Crippen molar-refractivity contribution in [3.8, 4) is 0 Å². The summed E-state index contributed by atoms with van der Waals surface area (Å²) in [5, 5.41) is 3.29. The smallest absolute Gasteiger partial charge is 0.302 e. The number of fused-ring (bicyclic) bond motifs is 1. The number of amides is 1. The van der Waals surface area contributed by atoms with Gasteiger partial charge in [0.15, 0.2) is 15.0 Å². The zero-order valence-electron chi connectivity index (χ0n) is 23.4. The Balaban J connectivity index is 1.19. The Labute approximate surface area is 247 Å². The number of nitrogens with zero attached hydrogens (tertiary/aromatic N) is 2. The van der Waals surface area contributed by atoms with Crippen LogP contribution in [0.4, 0.5) is 22.7 Å². The number of aromatic nitrogens is 1. The molecule has 2 aliphatic rings. The number of alkyl halides is 3.